The van der Waals surface area contributed by atoms with Gasteiger partial charge in [-0.15, -0.1) is 11.3 Å². The molecule has 7 heteroatoms. The number of rotatable bonds is 5. The number of anilines is 1. The molecule has 1 amide bonds. The van der Waals surface area contributed by atoms with Crippen molar-refractivity contribution in [2.45, 2.75) is 59.3 Å². The molecule has 0 unspecified atom stereocenters. The minimum Gasteiger partial charge on any atom is -0.481 e. The molecule has 0 aromatic carbocycles. The van der Waals surface area contributed by atoms with Gasteiger partial charge in [0.25, 0.3) is 0 Å². The van der Waals surface area contributed by atoms with Crippen LogP contribution in [0.25, 0.3) is 0 Å². The van der Waals surface area contributed by atoms with E-state index in [2.05, 4.69) is 12.2 Å². The number of nitrogens with one attached hydrogen (secondary N) is 1. The smallest absolute Gasteiger partial charge is 0.341 e. The van der Waals surface area contributed by atoms with E-state index < -0.39 is 23.8 Å². The van der Waals surface area contributed by atoms with Gasteiger partial charge in [0.05, 0.1) is 24.5 Å². The highest BCUT2D eigenvalue weighted by atomic mass is 32.1. The minimum atomic E-state index is -0.907. The van der Waals surface area contributed by atoms with Crippen molar-refractivity contribution in [2.24, 2.45) is 29.6 Å². The number of hydrogen-bond acceptors (Lipinski definition) is 5. The summed E-state index contributed by atoms with van der Waals surface area (Å²) in [6.45, 7) is 6.19. The maximum Gasteiger partial charge on any atom is 0.341 e. The fraction of sp³-hybridized carbons (Fsp3) is 0.625. The second kappa shape index (κ2) is 8.41. The van der Waals surface area contributed by atoms with Gasteiger partial charge < -0.3 is 15.2 Å². The molecule has 1 aromatic rings. The van der Waals surface area contributed by atoms with E-state index in [-0.39, 0.29) is 17.7 Å². The highest BCUT2D eigenvalue weighted by Crippen LogP contribution is 2.57. The average Bonchev–Trinajstić information content (AvgIpc) is 3.41. The lowest BCUT2D eigenvalue weighted by atomic mass is 9.78. The molecule has 1 heterocycles. The van der Waals surface area contributed by atoms with Gasteiger partial charge in [0.1, 0.15) is 5.00 Å². The van der Waals surface area contributed by atoms with Gasteiger partial charge in [0.2, 0.25) is 5.91 Å². The van der Waals surface area contributed by atoms with Crippen molar-refractivity contribution in [3.8, 4) is 0 Å². The Morgan fingerprint density at radius 3 is 2.39 bits per heavy atom. The second-order valence-corrected chi connectivity index (χ2v) is 10.4. The zero-order chi connectivity index (χ0) is 22.4. The van der Waals surface area contributed by atoms with E-state index in [9.17, 15) is 19.5 Å². The SMILES string of the molecule is CC[C@@H]1CCc2c(sc(NC(=O)[C@@H]3[C@@H](C(=O)O)[C@H]4CC[C@@H]3C4=C(C)C)c2C(=O)OC)C1. The van der Waals surface area contributed by atoms with Crippen molar-refractivity contribution in [1.29, 1.82) is 0 Å². The van der Waals surface area contributed by atoms with Crippen LogP contribution < -0.4 is 5.32 Å². The van der Waals surface area contributed by atoms with Crippen LogP contribution in [-0.2, 0) is 27.2 Å². The molecule has 168 valence electrons. The van der Waals surface area contributed by atoms with E-state index in [0.717, 1.165) is 60.1 Å². The first-order valence-corrected chi connectivity index (χ1v) is 12.0. The van der Waals surface area contributed by atoms with Crippen LogP contribution in [0.1, 0.15) is 67.3 Å². The quantitative estimate of drug-likeness (QED) is 0.507. The van der Waals surface area contributed by atoms with Crippen molar-refractivity contribution in [2.75, 3.05) is 12.4 Å². The number of aliphatic carboxylic acids is 1. The third kappa shape index (κ3) is 3.60. The Morgan fingerprint density at radius 1 is 1.13 bits per heavy atom. The number of fused-ring (bicyclic) bond motifs is 3. The fourth-order valence-electron chi connectivity index (χ4n) is 6.21. The van der Waals surface area contributed by atoms with Gasteiger partial charge in [-0.1, -0.05) is 24.5 Å². The van der Waals surface area contributed by atoms with Gasteiger partial charge in [-0.3, -0.25) is 9.59 Å². The zero-order valence-corrected chi connectivity index (χ0v) is 19.4. The molecule has 3 aliphatic carbocycles. The number of carbonyl (C=O) groups excluding carboxylic acids is 2. The maximum absolute atomic E-state index is 13.4. The molecule has 0 radical (unpaired) electrons. The molecule has 3 aliphatic rings. The van der Waals surface area contributed by atoms with Crippen LogP contribution in [0.3, 0.4) is 0 Å². The van der Waals surface area contributed by atoms with Gasteiger partial charge in [0.15, 0.2) is 0 Å². The molecule has 0 spiro atoms. The first-order chi connectivity index (χ1) is 14.8. The number of ether oxygens (including phenoxy) is 1. The van der Waals surface area contributed by atoms with E-state index in [4.69, 9.17) is 4.74 Å². The number of methoxy groups -OCH3 is 1. The van der Waals surface area contributed by atoms with Crippen molar-refractivity contribution in [3.05, 3.63) is 27.2 Å². The number of carbonyl (C=O) groups is 3. The van der Waals surface area contributed by atoms with Crippen LogP contribution in [0.15, 0.2) is 11.1 Å². The molecule has 5 atom stereocenters. The zero-order valence-electron chi connectivity index (χ0n) is 18.6. The number of amides is 1. The van der Waals surface area contributed by atoms with Crippen LogP contribution in [0, 0.1) is 29.6 Å². The van der Waals surface area contributed by atoms with Crippen LogP contribution in [0.2, 0.25) is 0 Å². The maximum atomic E-state index is 13.4. The Labute approximate surface area is 187 Å². The summed E-state index contributed by atoms with van der Waals surface area (Å²) in [5.41, 5.74) is 3.73. The first-order valence-electron chi connectivity index (χ1n) is 11.2. The number of thiophene rings is 1. The molecule has 2 bridgehead atoms. The molecular formula is C24H31NO5S. The van der Waals surface area contributed by atoms with Crippen molar-refractivity contribution >= 4 is 34.2 Å². The Bertz CT molecular complexity index is 957. The third-order valence-corrected chi connectivity index (χ3v) is 8.75. The molecule has 0 saturated heterocycles. The monoisotopic (exact) mass is 445 g/mol. The predicted molar refractivity (Wildman–Crippen MR) is 119 cm³/mol. The average molecular weight is 446 g/mol. The summed E-state index contributed by atoms with van der Waals surface area (Å²) in [4.78, 5) is 39.3. The van der Waals surface area contributed by atoms with Crippen molar-refractivity contribution < 1.29 is 24.2 Å². The normalized spacial score (nSPS) is 28.9. The predicted octanol–water partition coefficient (Wildman–Crippen LogP) is 4.68. The first kappa shape index (κ1) is 22.1. The lowest BCUT2D eigenvalue weighted by Gasteiger charge is -2.26. The summed E-state index contributed by atoms with van der Waals surface area (Å²) in [5.74, 6) is -2.44. The Morgan fingerprint density at radius 2 is 1.81 bits per heavy atom. The van der Waals surface area contributed by atoms with E-state index in [1.807, 2.05) is 13.8 Å². The van der Waals surface area contributed by atoms with E-state index in [0.29, 0.717) is 16.5 Å². The molecule has 2 saturated carbocycles. The highest BCUT2D eigenvalue weighted by molar-refractivity contribution is 7.17. The summed E-state index contributed by atoms with van der Waals surface area (Å²) in [6.07, 6.45) is 5.49. The summed E-state index contributed by atoms with van der Waals surface area (Å²) in [5, 5.41) is 13.4. The van der Waals surface area contributed by atoms with Crippen LogP contribution in [-0.4, -0.2) is 30.1 Å². The van der Waals surface area contributed by atoms with Gasteiger partial charge in [-0.25, -0.2) is 4.79 Å². The number of hydrogen-bond donors (Lipinski definition) is 2. The van der Waals surface area contributed by atoms with Gasteiger partial charge in [-0.2, -0.15) is 0 Å². The molecule has 2 fully saturated rings. The molecule has 4 rings (SSSR count). The molecule has 0 aliphatic heterocycles. The summed E-state index contributed by atoms with van der Waals surface area (Å²) in [6, 6.07) is 0. The highest BCUT2D eigenvalue weighted by Gasteiger charge is 2.57. The lowest BCUT2D eigenvalue weighted by Crippen LogP contribution is -2.38. The van der Waals surface area contributed by atoms with Crippen molar-refractivity contribution in [1.82, 2.24) is 0 Å². The summed E-state index contributed by atoms with van der Waals surface area (Å²) < 4.78 is 5.03. The Balaban J connectivity index is 1.67. The Kier molecular flexibility index (Phi) is 5.99. The second-order valence-electron chi connectivity index (χ2n) is 9.34. The van der Waals surface area contributed by atoms with E-state index in [1.54, 1.807) is 0 Å². The van der Waals surface area contributed by atoms with Crippen molar-refractivity contribution in [3.63, 3.8) is 0 Å². The number of allylic oxidation sites excluding steroid dienone is 2. The Hall–Kier alpha value is -2.15. The molecule has 6 nitrogen and oxygen atoms in total. The van der Waals surface area contributed by atoms with Gasteiger partial charge in [0, 0.05) is 4.88 Å². The summed E-state index contributed by atoms with van der Waals surface area (Å²) >= 11 is 1.46. The van der Waals surface area contributed by atoms with Crippen LogP contribution in [0.4, 0.5) is 5.00 Å². The topological polar surface area (TPSA) is 92.7 Å². The summed E-state index contributed by atoms with van der Waals surface area (Å²) in [7, 11) is 1.35. The number of carboxylic acids is 1. The van der Waals surface area contributed by atoms with E-state index in [1.165, 1.54) is 18.4 Å². The number of carboxylic acid groups (broad SMARTS) is 1. The molecular weight excluding hydrogens is 414 g/mol. The van der Waals surface area contributed by atoms with Gasteiger partial charge in [-0.05, 0) is 69.3 Å². The largest absolute Gasteiger partial charge is 0.481 e. The molecule has 31 heavy (non-hydrogen) atoms. The third-order valence-electron chi connectivity index (χ3n) is 7.58. The fourth-order valence-corrected chi connectivity index (χ4v) is 7.56. The molecule has 2 N–H and O–H groups in total. The van der Waals surface area contributed by atoms with Crippen LogP contribution in [0.5, 0.6) is 0 Å². The van der Waals surface area contributed by atoms with Gasteiger partial charge >= 0.3 is 11.9 Å². The lowest BCUT2D eigenvalue weighted by molar-refractivity contribution is -0.148. The standard InChI is InChI=1S/C24H31NO5S/c1-5-12-6-7-13-16(10-12)31-22(20(13)24(29)30-4)25-21(26)18-14-8-9-15(17(14)11(2)3)19(18)23(27)28/h12,14-15,18-19H,5-10H2,1-4H3,(H,25,26)(H,27,28)/t12-,14-,15+,18+,19+/m1/s1. The minimum absolute atomic E-state index is 0.0308. The van der Waals surface area contributed by atoms with Crippen LogP contribution >= 0.6 is 11.3 Å². The number of esters is 1. The van der Waals surface area contributed by atoms with E-state index >= 15 is 0 Å². The molecule has 1 aromatic heterocycles.